The molecule has 0 aromatic heterocycles. The summed E-state index contributed by atoms with van der Waals surface area (Å²) in [6.45, 7) is 8.07. The van der Waals surface area contributed by atoms with Gasteiger partial charge in [-0.15, -0.1) is 0 Å². The molecule has 1 saturated heterocycles. The molecule has 1 atom stereocenters. The predicted molar refractivity (Wildman–Crippen MR) is 72.6 cm³/mol. The maximum Gasteiger partial charge on any atom is 0.0635 e. The van der Waals surface area contributed by atoms with E-state index < -0.39 is 0 Å². The number of hydrogen-bond donors (Lipinski definition) is 1. The molecule has 0 amide bonds. The van der Waals surface area contributed by atoms with Crippen molar-refractivity contribution in [2.45, 2.75) is 45.1 Å². The van der Waals surface area contributed by atoms with Crippen molar-refractivity contribution in [1.29, 1.82) is 0 Å². The Balaban J connectivity index is 2.38. The van der Waals surface area contributed by atoms with Gasteiger partial charge in [0.2, 0.25) is 0 Å². The fraction of sp³-hybridized carbons (Fsp3) is 0.600. The lowest BCUT2D eigenvalue weighted by atomic mass is 9.85. The molecule has 1 aromatic carbocycles. The molecule has 1 heterocycles. The van der Waals surface area contributed by atoms with Crippen molar-refractivity contribution in [1.82, 2.24) is 0 Å². The molecule has 2 heteroatoms. The topological polar surface area (TPSA) is 23.5 Å². The van der Waals surface area contributed by atoms with E-state index in [0.717, 1.165) is 13.0 Å². The second kappa shape index (κ2) is 4.69. The highest BCUT2D eigenvalue weighted by molar-refractivity contribution is 5.57. The second-order valence-electron chi connectivity index (χ2n) is 5.94. The maximum absolute atomic E-state index is 9.45. The Hall–Kier alpha value is -1.02. The first-order valence-electron chi connectivity index (χ1n) is 6.51. The third-order valence-electron chi connectivity index (χ3n) is 3.61. The Labute approximate surface area is 104 Å². The molecular formula is C15H23NO. The molecule has 94 valence electrons. The lowest BCUT2D eigenvalue weighted by molar-refractivity contribution is 0.266. The first-order valence-corrected chi connectivity index (χ1v) is 6.51. The largest absolute Gasteiger partial charge is 0.394 e. The molecule has 0 aliphatic carbocycles. The molecule has 0 radical (unpaired) electrons. The average Bonchev–Trinajstić information content (AvgIpc) is 2.75. The monoisotopic (exact) mass is 233 g/mol. The van der Waals surface area contributed by atoms with E-state index in [2.05, 4.69) is 49.9 Å². The Bertz CT molecular complexity index is 381. The van der Waals surface area contributed by atoms with Crippen molar-refractivity contribution in [3.05, 3.63) is 29.8 Å². The third-order valence-corrected chi connectivity index (χ3v) is 3.61. The van der Waals surface area contributed by atoms with Crippen molar-refractivity contribution < 1.29 is 5.11 Å². The van der Waals surface area contributed by atoms with Gasteiger partial charge in [-0.25, -0.2) is 0 Å². The number of para-hydroxylation sites is 1. The van der Waals surface area contributed by atoms with E-state index in [9.17, 15) is 5.11 Å². The molecule has 1 aromatic rings. The van der Waals surface area contributed by atoms with Crippen LogP contribution in [0.1, 0.15) is 39.2 Å². The highest BCUT2D eigenvalue weighted by Gasteiger charge is 2.28. The first kappa shape index (κ1) is 12.4. The smallest absolute Gasteiger partial charge is 0.0635 e. The first-order chi connectivity index (χ1) is 8.04. The van der Waals surface area contributed by atoms with Crippen LogP contribution >= 0.6 is 0 Å². The van der Waals surface area contributed by atoms with Crippen molar-refractivity contribution in [3.63, 3.8) is 0 Å². The number of aliphatic hydroxyl groups is 1. The van der Waals surface area contributed by atoms with Gasteiger partial charge in [0.1, 0.15) is 0 Å². The highest BCUT2D eigenvalue weighted by atomic mass is 16.3. The van der Waals surface area contributed by atoms with Crippen molar-refractivity contribution in [2.75, 3.05) is 18.1 Å². The second-order valence-corrected chi connectivity index (χ2v) is 5.94. The van der Waals surface area contributed by atoms with Crippen LogP contribution in [-0.4, -0.2) is 24.3 Å². The predicted octanol–water partition coefficient (Wildman–Crippen LogP) is 2.95. The third kappa shape index (κ3) is 2.47. The van der Waals surface area contributed by atoms with Gasteiger partial charge in [-0.2, -0.15) is 0 Å². The summed E-state index contributed by atoms with van der Waals surface area (Å²) in [6.07, 6.45) is 2.29. The molecule has 1 unspecified atom stereocenters. The zero-order valence-corrected chi connectivity index (χ0v) is 11.1. The van der Waals surface area contributed by atoms with Crippen LogP contribution in [0.2, 0.25) is 0 Å². The van der Waals surface area contributed by atoms with Gasteiger partial charge in [-0.1, -0.05) is 39.0 Å². The van der Waals surface area contributed by atoms with Crippen LogP contribution in [0.15, 0.2) is 24.3 Å². The van der Waals surface area contributed by atoms with E-state index in [1.807, 2.05) is 0 Å². The fourth-order valence-corrected chi connectivity index (χ4v) is 2.70. The van der Waals surface area contributed by atoms with Gasteiger partial charge in [0, 0.05) is 12.2 Å². The quantitative estimate of drug-likeness (QED) is 0.849. The Kier molecular flexibility index (Phi) is 3.43. The van der Waals surface area contributed by atoms with Gasteiger partial charge in [0.15, 0.2) is 0 Å². The molecular weight excluding hydrogens is 210 g/mol. The number of hydrogen-bond acceptors (Lipinski definition) is 2. The van der Waals surface area contributed by atoms with E-state index in [4.69, 9.17) is 0 Å². The molecule has 0 bridgehead atoms. The summed E-state index contributed by atoms with van der Waals surface area (Å²) in [6, 6.07) is 8.90. The minimum atomic E-state index is 0.152. The zero-order valence-electron chi connectivity index (χ0n) is 11.1. The minimum absolute atomic E-state index is 0.152. The van der Waals surface area contributed by atoms with Gasteiger partial charge in [0.05, 0.1) is 12.6 Å². The number of benzene rings is 1. The molecule has 1 fully saturated rings. The van der Waals surface area contributed by atoms with Gasteiger partial charge in [-0.05, 0) is 29.9 Å². The molecule has 2 nitrogen and oxygen atoms in total. The van der Waals surface area contributed by atoms with Crippen molar-refractivity contribution in [3.8, 4) is 0 Å². The number of rotatable bonds is 2. The van der Waals surface area contributed by atoms with Crippen LogP contribution < -0.4 is 4.90 Å². The standard InChI is InChI=1S/C15H23NO/c1-15(2,3)13-8-4-5-9-14(13)16-10-6-7-12(16)11-17/h4-5,8-9,12,17H,6-7,10-11H2,1-3H3. The summed E-state index contributed by atoms with van der Waals surface area (Å²) < 4.78 is 0. The molecule has 1 aliphatic heterocycles. The summed E-state index contributed by atoms with van der Waals surface area (Å²) in [4.78, 5) is 2.38. The lowest BCUT2D eigenvalue weighted by Crippen LogP contribution is -2.34. The number of anilines is 1. The minimum Gasteiger partial charge on any atom is -0.394 e. The van der Waals surface area contributed by atoms with Gasteiger partial charge in [-0.3, -0.25) is 0 Å². The summed E-state index contributed by atoms with van der Waals surface area (Å²) in [5.74, 6) is 0. The Morgan fingerprint density at radius 2 is 2.00 bits per heavy atom. The van der Waals surface area contributed by atoms with Crippen LogP contribution in [0.4, 0.5) is 5.69 Å². The molecule has 1 aliphatic rings. The van der Waals surface area contributed by atoms with Crippen LogP contribution in [-0.2, 0) is 5.41 Å². The van der Waals surface area contributed by atoms with E-state index in [-0.39, 0.29) is 12.0 Å². The average molecular weight is 233 g/mol. The lowest BCUT2D eigenvalue weighted by Gasteiger charge is -2.32. The number of aliphatic hydroxyl groups excluding tert-OH is 1. The Morgan fingerprint density at radius 1 is 1.29 bits per heavy atom. The van der Waals surface area contributed by atoms with E-state index in [1.54, 1.807) is 0 Å². The SMILES string of the molecule is CC(C)(C)c1ccccc1N1CCCC1CO. The van der Waals surface area contributed by atoms with Gasteiger partial charge < -0.3 is 10.0 Å². The van der Waals surface area contributed by atoms with E-state index in [0.29, 0.717) is 6.04 Å². The van der Waals surface area contributed by atoms with Crippen molar-refractivity contribution in [2.24, 2.45) is 0 Å². The molecule has 1 N–H and O–H groups in total. The Morgan fingerprint density at radius 3 is 2.65 bits per heavy atom. The van der Waals surface area contributed by atoms with Crippen molar-refractivity contribution >= 4 is 5.69 Å². The molecule has 2 rings (SSSR count). The maximum atomic E-state index is 9.45. The summed E-state index contributed by atoms with van der Waals surface area (Å²) in [5, 5.41) is 9.45. The fourth-order valence-electron chi connectivity index (χ4n) is 2.70. The highest BCUT2D eigenvalue weighted by Crippen LogP contribution is 2.35. The number of nitrogens with zero attached hydrogens (tertiary/aromatic N) is 1. The van der Waals surface area contributed by atoms with E-state index >= 15 is 0 Å². The van der Waals surface area contributed by atoms with Gasteiger partial charge in [0.25, 0.3) is 0 Å². The van der Waals surface area contributed by atoms with Crippen LogP contribution in [0.25, 0.3) is 0 Å². The van der Waals surface area contributed by atoms with Crippen LogP contribution in [0.5, 0.6) is 0 Å². The zero-order chi connectivity index (χ0) is 12.5. The summed E-state index contributed by atoms with van der Waals surface area (Å²) >= 11 is 0. The molecule has 0 saturated carbocycles. The summed E-state index contributed by atoms with van der Waals surface area (Å²) in [7, 11) is 0. The molecule has 0 spiro atoms. The van der Waals surface area contributed by atoms with Gasteiger partial charge >= 0.3 is 0 Å². The molecule has 17 heavy (non-hydrogen) atoms. The summed E-state index contributed by atoms with van der Waals surface area (Å²) in [5.41, 5.74) is 2.83. The normalized spacial score (nSPS) is 20.9. The van der Waals surface area contributed by atoms with Crippen LogP contribution in [0, 0.1) is 0 Å². The van der Waals surface area contributed by atoms with Crippen LogP contribution in [0.3, 0.4) is 0 Å². The van der Waals surface area contributed by atoms with E-state index in [1.165, 1.54) is 17.7 Å².